The van der Waals surface area contributed by atoms with Gasteiger partial charge >= 0.3 is 0 Å². The number of carbonyl (C=O) groups is 1. The predicted octanol–water partition coefficient (Wildman–Crippen LogP) is 2.96. The van der Waals surface area contributed by atoms with Crippen LogP contribution in [0.1, 0.15) is 21.9 Å². The summed E-state index contributed by atoms with van der Waals surface area (Å²) in [5.74, 6) is 0.564. The molecular formula is C15H11BrN4O. The first-order chi connectivity index (χ1) is 10.2. The van der Waals surface area contributed by atoms with Crippen LogP contribution in [0.15, 0.2) is 53.4 Å². The summed E-state index contributed by atoms with van der Waals surface area (Å²) >= 11 is 3.36. The van der Waals surface area contributed by atoms with Crippen molar-refractivity contribution in [2.24, 2.45) is 0 Å². The molecule has 3 rings (SSSR count). The Morgan fingerprint density at radius 3 is 2.52 bits per heavy atom. The predicted molar refractivity (Wildman–Crippen MR) is 81.5 cm³/mol. The van der Waals surface area contributed by atoms with Crippen molar-refractivity contribution in [2.45, 2.75) is 6.92 Å². The van der Waals surface area contributed by atoms with Crippen LogP contribution in [0.5, 0.6) is 0 Å². The van der Waals surface area contributed by atoms with Gasteiger partial charge in [-0.15, -0.1) is 10.2 Å². The van der Waals surface area contributed by atoms with Crippen LogP contribution in [0.2, 0.25) is 0 Å². The van der Waals surface area contributed by atoms with Crippen molar-refractivity contribution in [1.29, 1.82) is 0 Å². The second-order valence-corrected chi connectivity index (χ2v) is 5.12. The Balaban J connectivity index is 2.16. The van der Waals surface area contributed by atoms with E-state index in [4.69, 9.17) is 0 Å². The number of para-hydroxylation sites is 1. The maximum absolute atomic E-state index is 12.7. The number of pyridine rings is 1. The Hall–Kier alpha value is -2.34. The molecule has 0 unspecified atom stereocenters. The lowest BCUT2D eigenvalue weighted by atomic mass is 10.1. The van der Waals surface area contributed by atoms with Gasteiger partial charge < -0.3 is 0 Å². The number of aryl methyl sites for hydroxylation is 1. The summed E-state index contributed by atoms with van der Waals surface area (Å²) in [4.78, 5) is 16.8. The third-order valence-corrected chi connectivity index (χ3v) is 3.59. The standard InChI is InChI=1S/C15H11BrN4O/c1-10-18-19-15(16)20(10)13-8-3-2-6-11(13)14(21)12-7-4-5-9-17-12/h2-9H,1H3. The lowest BCUT2D eigenvalue weighted by Crippen LogP contribution is -2.10. The molecule has 0 aliphatic heterocycles. The minimum atomic E-state index is -0.133. The molecule has 0 saturated carbocycles. The van der Waals surface area contributed by atoms with Gasteiger partial charge in [0.2, 0.25) is 10.5 Å². The van der Waals surface area contributed by atoms with E-state index in [0.717, 1.165) is 5.69 Å². The number of halogens is 1. The van der Waals surface area contributed by atoms with E-state index in [-0.39, 0.29) is 5.78 Å². The van der Waals surface area contributed by atoms with Crippen molar-refractivity contribution in [1.82, 2.24) is 19.7 Å². The fourth-order valence-corrected chi connectivity index (χ4v) is 2.63. The SMILES string of the molecule is Cc1nnc(Br)n1-c1ccccc1C(=O)c1ccccn1. The zero-order valence-corrected chi connectivity index (χ0v) is 12.8. The normalized spacial score (nSPS) is 10.6. The summed E-state index contributed by atoms with van der Waals surface area (Å²) < 4.78 is 2.34. The minimum absolute atomic E-state index is 0.133. The van der Waals surface area contributed by atoms with Gasteiger partial charge in [-0.05, 0) is 47.1 Å². The molecule has 2 aromatic heterocycles. The van der Waals surface area contributed by atoms with Crippen LogP contribution in [0.3, 0.4) is 0 Å². The molecule has 0 aliphatic rings. The molecule has 21 heavy (non-hydrogen) atoms. The van der Waals surface area contributed by atoms with Crippen molar-refractivity contribution in [3.8, 4) is 5.69 Å². The van der Waals surface area contributed by atoms with Crippen molar-refractivity contribution in [3.63, 3.8) is 0 Å². The number of rotatable bonds is 3. The molecule has 0 N–H and O–H groups in total. The fraction of sp³-hybridized carbons (Fsp3) is 0.0667. The van der Waals surface area contributed by atoms with Gasteiger partial charge in [0.1, 0.15) is 11.5 Å². The first-order valence-electron chi connectivity index (χ1n) is 6.31. The number of aromatic nitrogens is 4. The van der Waals surface area contributed by atoms with Gasteiger partial charge in [0.05, 0.1) is 5.69 Å². The Labute approximate surface area is 129 Å². The van der Waals surface area contributed by atoms with E-state index in [1.54, 1.807) is 35.0 Å². The van der Waals surface area contributed by atoms with Crippen LogP contribution >= 0.6 is 15.9 Å². The van der Waals surface area contributed by atoms with Crippen LogP contribution in [-0.2, 0) is 0 Å². The Bertz CT molecular complexity index is 779. The molecule has 0 spiro atoms. The Morgan fingerprint density at radius 1 is 1.10 bits per heavy atom. The summed E-state index contributed by atoms with van der Waals surface area (Å²) in [5, 5.41) is 7.97. The van der Waals surface area contributed by atoms with Crippen molar-refractivity contribution >= 4 is 21.7 Å². The smallest absolute Gasteiger partial charge is 0.213 e. The number of hydrogen-bond donors (Lipinski definition) is 0. The van der Waals surface area contributed by atoms with Crippen LogP contribution < -0.4 is 0 Å². The van der Waals surface area contributed by atoms with Gasteiger partial charge in [-0.1, -0.05) is 18.2 Å². The molecule has 0 atom stereocenters. The maximum atomic E-state index is 12.7. The summed E-state index contributed by atoms with van der Waals surface area (Å²) in [7, 11) is 0. The fourth-order valence-electron chi connectivity index (χ4n) is 2.11. The Morgan fingerprint density at radius 2 is 1.86 bits per heavy atom. The highest BCUT2D eigenvalue weighted by Crippen LogP contribution is 2.22. The van der Waals surface area contributed by atoms with Crippen molar-refractivity contribution < 1.29 is 4.79 Å². The molecule has 3 aromatic rings. The lowest BCUT2D eigenvalue weighted by Gasteiger charge is -2.10. The van der Waals surface area contributed by atoms with E-state index in [2.05, 4.69) is 31.1 Å². The van der Waals surface area contributed by atoms with Crippen LogP contribution in [0, 0.1) is 6.92 Å². The molecule has 5 nitrogen and oxygen atoms in total. The molecule has 1 aromatic carbocycles. The highest BCUT2D eigenvalue weighted by atomic mass is 79.9. The van der Waals surface area contributed by atoms with Crippen molar-refractivity contribution in [3.05, 3.63) is 70.5 Å². The van der Waals surface area contributed by atoms with Gasteiger partial charge in [0, 0.05) is 11.8 Å². The summed E-state index contributed by atoms with van der Waals surface area (Å²) in [6.07, 6.45) is 1.61. The molecule has 2 heterocycles. The van der Waals surface area contributed by atoms with E-state index < -0.39 is 0 Å². The van der Waals surface area contributed by atoms with Gasteiger partial charge in [0.15, 0.2) is 0 Å². The van der Waals surface area contributed by atoms with E-state index in [1.807, 2.05) is 25.1 Å². The van der Waals surface area contributed by atoms with Gasteiger partial charge in [-0.25, -0.2) is 0 Å². The largest absolute Gasteiger partial charge is 0.287 e. The van der Waals surface area contributed by atoms with Gasteiger partial charge in [-0.2, -0.15) is 0 Å². The summed E-state index contributed by atoms with van der Waals surface area (Å²) in [6.45, 7) is 1.83. The zero-order chi connectivity index (χ0) is 14.8. The zero-order valence-electron chi connectivity index (χ0n) is 11.2. The minimum Gasteiger partial charge on any atom is -0.287 e. The molecule has 6 heteroatoms. The molecule has 0 fully saturated rings. The van der Waals surface area contributed by atoms with E-state index in [9.17, 15) is 4.79 Å². The van der Waals surface area contributed by atoms with Gasteiger partial charge in [0.25, 0.3) is 0 Å². The van der Waals surface area contributed by atoms with E-state index in [0.29, 0.717) is 21.8 Å². The van der Waals surface area contributed by atoms with Crippen LogP contribution in [0.25, 0.3) is 5.69 Å². The third-order valence-electron chi connectivity index (χ3n) is 3.07. The monoisotopic (exact) mass is 342 g/mol. The molecule has 0 saturated heterocycles. The molecule has 0 aliphatic carbocycles. The summed E-state index contributed by atoms with van der Waals surface area (Å²) in [5.41, 5.74) is 1.69. The first kappa shape index (κ1) is 13.6. The number of hydrogen-bond acceptors (Lipinski definition) is 4. The number of ketones is 1. The molecule has 0 amide bonds. The maximum Gasteiger partial charge on any atom is 0.213 e. The quantitative estimate of drug-likeness (QED) is 0.686. The third kappa shape index (κ3) is 2.50. The topological polar surface area (TPSA) is 60.7 Å². The van der Waals surface area contributed by atoms with Crippen LogP contribution in [0.4, 0.5) is 0 Å². The molecular weight excluding hydrogens is 332 g/mol. The Kier molecular flexibility index (Phi) is 3.62. The average molecular weight is 343 g/mol. The average Bonchev–Trinajstić information content (AvgIpc) is 2.86. The van der Waals surface area contributed by atoms with E-state index >= 15 is 0 Å². The highest BCUT2D eigenvalue weighted by molar-refractivity contribution is 9.10. The van der Waals surface area contributed by atoms with Crippen LogP contribution in [-0.4, -0.2) is 25.5 Å². The molecule has 0 bridgehead atoms. The lowest BCUT2D eigenvalue weighted by molar-refractivity contribution is 0.103. The number of carbonyl (C=O) groups excluding carboxylic acids is 1. The number of nitrogens with zero attached hydrogens (tertiary/aromatic N) is 4. The molecule has 0 radical (unpaired) electrons. The molecule has 104 valence electrons. The summed E-state index contributed by atoms with van der Waals surface area (Å²) in [6, 6.07) is 12.6. The first-order valence-corrected chi connectivity index (χ1v) is 7.10. The second kappa shape index (κ2) is 5.57. The number of benzene rings is 1. The van der Waals surface area contributed by atoms with Crippen molar-refractivity contribution in [2.75, 3.05) is 0 Å². The van der Waals surface area contributed by atoms with E-state index in [1.165, 1.54) is 0 Å². The second-order valence-electron chi connectivity index (χ2n) is 4.41. The highest BCUT2D eigenvalue weighted by Gasteiger charge is 2.18. The van der Waals surface area contributed by atoms with Gasteiger partial charge in [-0.3, -0.25) is 14.3 Å².